The van der Waals surface area contributed by atoms with Crippen LogP contribution in [0, 0.1) is 0 Å². The Morgan fingerprint density at radius 2 is 1.44 bits per heavy atom. The van der Waals surface area contributed by atoms with Gasteiger partial charge in [0.25, 0.3) is 0 Å². The molecular weight excluding hydrogens is 312 g/mol. The SMILES string of the molecule is CCCCCCCCC1OC1CCCCCC=CC=CC=CC(=O)O. The van der Waals surface area contributed by atoms with Crippen molar-refractivity contribution in [1.82, 2.24) is 0 Å². The number of epoxide rings is 1. The van der Waals surface area contributed by atoms with Crippen molar-refractivity contribution in [3.8, 4) is 0 Å². The summed E-state index contributed by atoms with van der Waals surface area (Å²) in [5, 5.41) is 8.43. The van der Waals surface area contributed by atoms with E-state index in [1.165, 1.54) is 76.7 Å². The molecule has 0 aliphatic carbocycles. The molecule has 0 bridgehead atoms. The van der Waals surface area contributed by atoms with Gasteiger partial charge in [-0.15, -0.1) is 0 Å². The monoisotopic (exact) mass is 348 g/mol. The van der Waals surface area contributed by atoms with Gasteiger partial charge in [-0.3, -0.25) is 0 Å². The van der Waals surface area contributed by atoms with Crippen molar-refractivity contribution in [3.05, 3.63) is 36.5 Å². The second kappa shape index (κ2) is 14.9. The molecule has 3 heteroatoms. The number of unbranched alkanes of at least 4 members (excludes halogenated alkanes) is 8. The molecule has 1 rings (SSSR count). The van der Waals surface area contributed by atoms with Gasteiger partial charge < -0.3 is 9.84 Å². The van der Waals surface area contributed by atoms with E-state index >= 15 is 0 Å². The number of aliphatic carboxylic acids is 1. The molecule has 1 heterocycles. The Morgan fingerprint density at radius 3 is 2.12 bits per heavy atom. The van der Waals surface area contributed by atoms with Crippen LogP contribution in [-0.2, 0) is 9.53 Å². The van der Waals surface area contributed by atoms with E-state index in [0.717, 1.165) is 12.5 Å². The Hall–Kier alpha value is -1.35. The van der Waals surface area contributed by atoms with E-state index in [4.69, 9.17) is 9.84 Å². The summed E-state index contributed by atoms with van der Waals surface area (Å²) in [5.41, 5.74) is 0. The maximum atomic E-state index is 10.3. The zero-order valence-electron chi connectivity index (χ0n) is 15.9. The fraction of sp³-hybridized carbons (Fsp3) is 0.682. The summed E-state index contributed by atoms with van der Waals surface area (Å²) in [7, 11) is 0. The first-order valence-electron chi connectivity index (χ1n) is 10.1. The van der Waals surface area contributed by atoms with Gasteiger partial charge >= 0.3 is 5.97 Å². The molecule has 1 aliphatic rings. The van der Waals surface area contributed by atoms with Gasteiger partial charge in [0.1, 0.15) is 0 Å². The minimum atomic E-state index is -0.914. The minimum Gasteiger partial charge on any atom is -0.478 e. The van der Waals surface area contributed by atoms with Crippen molar-refractivity contribution in [2.24, 2.45) is 0 Å². The van der Waals surface area contributed by atoms with Crippen LogP contribution in [0.3, 0.4) is 0 Å². The molecule has 1 saturated heterocycles. The van der Waals surface area contributed by atoms with Crippen LogP contribution in [0.1, 0.15) is 84.0 Å². The highest BCUT2D eigenvalue weighted by Gasteiger charge is 2.36. The van der Waals surface area contributed by atoms with Gasteiger partial charge in [-0.25, -0.2) is 4.79 Å². The van der Waals surface area contributed by atoms with Crippen LogP contribution >= 0.6 is 0 Å². The smallest absolute Gasteiger partial charge is 0.328 e. The quantitative estimate of drug-likeness (QED) is 0.156. The molecule has 0 spiro atoms. The van der Waals surface area contributed by atoms with Crippen LogP contribution in [0.4, 0.5) is 0 Å². The third-order valence-electron chi connectivity index (χ3n) is 4.60. The Balaban J connectivity index is 1.84. The van der Waals surface area contributed by atoms with Gasteiger partial charge in [-0.2, -0.15) is 0 Å². The first kappa shape index (κ1) is 21.7. The van der Waals surface area contributed by atoms with Crippen molar-refractivity contribution < 1.29 is 14.6 Å². The molecule has 1 N–H and O–H groups in total. The third-order valence-corrected chi connectivity index (χ3v) is 4.60. The summed E-state index contributed by atoms with van der Waals surface area (Å²) in [6.07, 6.45) is 27.0. The molecule has 0 aromatic carbocycles. The largest absolute Gasteiger partial charge is 0.478 e. The standard InChI is InChI=1S/C22H36O3/c1-2-3-4-5-11-14-17-20-21(25-20)18-15-12-9-7-6-8-10-13-16-19-22(23)24/h6,8,10,13,16,19-21H,2-5,7,9,11-12,14-15,17-18H2,1H3,(H,23,24). The summed E-state index contributed by atoms with van der Waals surface area (Å²) >= 11 is 0. The number of ether oxygens (including phenoxy) is 1. The Bertz CT molecular complexity index is 423. The highest BCUT2D eigenvalue weighted by molar-refractivity contribution is 5.80. The number of carbonyl (C=O) groups is 1. The van der Waals surface area contributed by atoms with Crippen LogP contribution < -0.4 is 0 Å². The van der Waals surface area contributed by atoms with E-state index in [2.05, 4.69) is 13.0 Å². The molecule has 3 nitrogen and oxygen atoms in total. The van der Waals surface area contributed by atoms with Crippen molar-refractivity contribution in [1.29, 1.82) is 0 Å². The van der Waals surface area contributed by atoms with Crippen molar-refractivity contribution in [2.45, 2.75) is 96.2 Å². The molecule has 1 aliphatic heterocycles. The van der Waals surface area contributed by atoms with Crippen LogP contribution in [0.25, 0.3) is 0 Å². The van der Waals surface area contributed by atoms with Crippen molar-refractivity contribution in [2.75, 3.05) is 0 Å². The average molecular weight is 349 g/mol. The van der Waals surface area contributed by atoms with Gasteiger partial charge in [-0.05, 0) is 25.7 Å². The number of carboxylic acid groups (broad SMARTS) is 1. The van der Waals surface area contributed by atoms with Gasteiger partial charge in [0.15, 0.2) is 0 Å². The summed E-state index contributed by atoms with van der Waals surface area (Å²) in [6.45, 7) is 2.26. The zero-order valence-corrected chi connectivity index (χ0v) is 15.9. The van der Waals surface area contributed by atoms with Crippen LogP contribution in [0.5, 0.6) is 0 Å². The molecular formula is C22H36O3. The molecule has 142 valence electrons. The maximum Gasteiger partial charge on any atom is 0.328 e. The lowest BCUT2D eigenvalue weighted by Gasteiger charge is -1.99. The second-order valence-corrected chi connectivity index (χ2v) is 6.92. The number of rotatable bonds is 16. The van der Waals surface area contributed by atoms with Crippen LogP contribution in [0.15, 0.2) is 36.5 Å². The third kappa shape index (κ3) is 13.6. The highest BCUT2D eigenvalue weighted by Crippen LogP contribution is 2.31. The molecule has 0 aromatic rings. The second-order valence-electron chi connectivity index (χ2n) is 6.92. The molecule has 25 heavy (non-hydrogen) atoms. The molecule has 0 saturated carbocycles. The lowest BCUT2D eigenvalue weighted by atomic mass is 10.0. The molecule has 0 amide bonds. The number of hydrogen-bond donors (Lipinski definition) is 1. The molecule has 2 unspecified atom stereocenters. The Kier molecular flexibility index (Phi) is 13.0. The van der Waals surface area contributed by atoms with E-state index in [1.54, 1.807) is 6.08 Å². The van der Waals surface area contributed by atoms with Gasteiger partial charge in [-0.1, -0.05) is 88.7 Å². The van der Waals surface area contributed by atoms with Gasteiger partial charge in [0.05, 0.1) is 12.2 Å². The first-order chi connectivity index (χ1) is 12.2. The van der Waals surface area contributed by atoms with E-state index in [9.17, 15) is 4.79 Å². The zero-order chi connectivity index (χ0) is 18.2. The highest BCUT2D eigenvalue weighted by atomic mass is 16.6. The number of carboxylic acids is 1. The van der Waals surface area contributed by atoms with Crippen LogP contribution in [0.2, 0.25) is 0 Å². The molecule has 1 fully saturated rings. The van der Waals surface area contributed by atoms with Gasteiger partial charge in [0.2, 0.25) is 0 Å². The Labute approximate surface area is 153 Å². The first-order valence-corrected chi connectivity index (χ1v) is 10.1. The molecule has 0 aromatic heterocycles. The predicted octanol–water partition coefficient (Wildman–Crippen LogP) is 6.21. The predicted molar refractivity (Wildman–Crippen MR) is 105 cm³/mol. The summed E-state index contributed by atoms with van der Waals surface area (Å²) in [4.78, 5) is 10.3. The fourth-order valence-corrected chi connectivity index (χ4v) is 3.04. The van der Waals surface area contributed by atoms with E-state index in [0.29, 0.717) is 12.2 Å². The number of allylic oxidation sites excluding steroid dienone is 5. The lowest BCUT2D eigenvalue weighted by molar-refractivity contribution is -0.131. The minimum absolute atomic E-state index is 0.551. The normalized spacial score (nSPS) is 20.2. The molecule has 2 atom stereocenters. The van der Waals surface area contributed by atoms with Crippen molar-refractivity contribution >= 4 is 5.97 Å². The lowest BCUT2D eigenvalue weighted by Crippen LogP contribution is -1.94. The van der Waals surface area contributed by atoms with E-state index in [-0.39, 0.29) is 0 Å². The fourth-order valence-electron chi connectivity index (χ4n) is 3.04. The van der Waals surface area contributed by atoms with E-state index < -0.39 is 5.97 Å². The van der Waals surface area contributed by atoms with Crippen LogP contribution in [-0.4, -0.2) is 23.3 Å². The number of hydrogen-bond acceptors (Lipinski definition) is 2. The van der Waals surface area contributed by atoms with E-state index in [1.807, 2.05) is 12.2 Å². The van der Waals surface area contributed by atoms with Gasteiger partial charge in [0, 0.05) is 6.08 Å². The Morgan fingerprint density at radius 1 is 0.840 bits per heavy atom. The topological polar surface area (TPSA) is 49.8 Å². The summed E-state index contributed by atoms with van der Waals surface area (Å²) in [5.74, 6) is -0.914. The summed E-state index contributed by atoms with van der Waals surface area (Å²) in [6, 6.07) is 0. The molecule has 0 radical (unpaired) electrons. The summed E-state index contributed by atoms with van der Waals surface area (Å²) < 4.78 is 5.77. The average Bonchev–Trinajstić information content (AvgIpc) is 3.34. The van der Waals surface area contributed by atoms with Crippen molar-refractivity contribution in [3.63, 3.8) is 0 Å². The maximum absolute atomic E-state index is 10.3.